The van der Waals surface area contributed by atoms with Crippen molar-refractivity contribution in [1.82, 2.24) is 0 Å². The fourth-order valence-corrected chi connectivity index (χ4v) is 1.38. The SMILES string of the molecule is CCOC(=O)COCC#CCCCCCCCO. The van der Waals surface area contributed by atoms with Crippen molar-refractivity contribution in [3.63, 3.8) is 0 Å². The van der Waals surface area contributed by atoms with Crippen molar-refractivity contribution >= 4 is 5.97 Å². The maximum absolute atomic E-state index is 10.9. The summed E-state index contributed by atoms with van der Waals surface area (Å²) in [5.41, 5.74) is 0. The van der Waals surface area contributed by atoms with Crippen molar-refractivity contribution in [1.29, 1.82) is 0 Å². The second-order valence-electron chi connectivity index (χ2n) is 3.89. The lowest BCUT2D eigenvalue weighted by Gasteiger charge is -1.99. The maximum Gasteiger partial charge on any atom is 0.332 e. The smallest absolute Gasteiger partial charge is 0.332 e. The average molecular weight is 256 g/mol. The van der Waals surface area contributed by atoms with Gasteiger partial charge in [0.15, 0.2) is 0 Å². The Morgan fingerprint density at radius 2 is 1.83 bits per heavy atom. The number of unbranched alkanes of at least 4 members (excludes halogenated alkanes) is 5. The molecule has 0 aliphatic carbocycles. The monoisotopic (exact) mass is 256 g/mol. The zero-order valence-corrected chi connectivity index (χ0v) is 11.2. The van der Waals surface area contributed by atoms with Gasteiger partial charge in [0.05, 0.1) is 6.61 Å². The van der Waals surface area contributed by atoms with Crippen molar-refractivity contribution < 1.29 is 19.4 Å². The van der Waals surface area contributed by atoms with Gasteiger partial charge in [0.25, 0.3) is 0 Å². The van der Waals surface area contributed by atoms with Crippen LogP contribution in [0.5, 0.6) is 0 Å². The standard InChI is InChI=1S/C14H24O4/c1-2-18-14(16)13-17-12-10-8-6-4-3-5-7-9-11-15/h15H,2-7,9,11-13H2,1H3. The molecule has 104 valence electrons. The highest BCUT2D eigenvalue weighted by atomic mass is 16.6. The molecule has 4 nitrogen and oxygen atoms in total. The second-order valence-corrected chi connectivity index (χ2v) is 3.89. The van der Waals surface area contributed by atoms with Crippen LogP contribution >= 0.6 is 0 Å². The predicted molar refractivity (Wildman–Crippen MR) is 70.0 cm³/mol. The molecule has 0 rings (SSSR count). The molecule has 4 heteroatoms. The van der Waals surface area contributed by atoms with Crippen molar-refractivity contribution in [2.75, 3.05) is 26.4 Å². The van der Waals surface area contributed by atoms with Gasteiger partial charge in [0.2, 0.25) is 0 Å². The van der Waals surface area contributed by atoms with Gasteiger partial charge in [-0.1, -0.05) is 25.2 Å². The summed E-state index contributed by atoms with van der Waals surface area (Å²) in [6.07, 6.45) is 6.23. The number of carbonyl (C=O) groups excluding carboxylic acids is 1. The van der Waals surface area contributed by atoms with Gasteiger partial charge in [-0.2, -0.15) is 0 Å². The van der Waals surface area contributed by atoms with E-state index in [1.165, 1.54) is 0 Å². The molecule has 0 aromatic rings. The minimum Gasteiger partial charge on any atom is -0.464 e. The summed E-state index contributed by atoms with van der Waals surface area (Å²) in [5.74, 6) is 5.53. The van der Waals surface area contributed by atoms with Gasteiger partial charge < -0.3 is 14.6 Å². The third kappa shape index (κ3) is 13.0. The summed E-state index contributed by atoms with van der Waals surface area (Å²) in [5, 5.41) is 8.59. The first-order valence-corrected chi connectivity index (χ1v) is 6.61. The Labute approximate surface area is 110 Å². The lowest BCUT2D eigenvalue weighted by atomic mass is 10.1. The fourth-order valence-electron chi connectivity index (χ4n) is 1.38. The summed E-state index contributed by atoms with van der Waals surface area (Å²) >= 11 is 0. The summed E-state index contributed by atoms with van der Waals surface area (Å²) in [7, 11) is 0. The van der Waals surface area contributed by atoms with Crippen molar-refractivity contribution in [2.24, 2.45) is 0 Å². The van der Waals surface area contributed by atoms with Gasteiger partial charge >= 0.3 is 5.97 Å². The highest BCUT2D eigenvalue weighted by Crippen LogP contribution is 2.03. The topological polar surface area (TPSA) is 55.8 Å². The highest BCUT2D eigenvalue weighted by molar-refractivity contribution is 5.70. The van der Waals surface area contributed by atoms with Gasteiger partial charge in [0.1, 0.15) is 13.2 Å². The van der Waals surface area contributed by atoms with Crippen molar-refractivity contribution in [3.05, 3.63) is 0 Å². The van der Waals surface area contributed by atoms with E-state index in [0.29, 0.717) is 6.61 Å². The van der Waals surface area contributed by atoms with Crippen LogP contribution in [0.25, 0.3) is 0 Å². The quantitative estimate of drug-likeness (QED) is 0.368. The molecular weight excluding hydrogens is 232 g/mol. The molecular formula is C14H24O4. The van der Waals surface area contributed by atoms with Gasteiger partial charge in [-0.3, -0.25) is 0 Å². The number of rotatable bonds is 10. The predicted octanol–water partition coefficient (Wildman–Crippen LogP) is 1.90. The van der Waals surface area contributed by atoms with E-state index in [1.54, 1.807) is 6.92 Å². The van der Waals surface area contributed by atoms with Crippen LogP contribution in [0.15, 0.2) is 0 Å². The minimum absolute atomic E-state index is 0.0241. The van der Waals surface area contributed by atoms with Crippen LogP contribution in [-0.2, 0) is 14.3 Å². The third-order valence-electron chi connectivity index (χ3n) is 2.28. The zero-order chi connectivity index (χ0) is 13.5. The molecule has 0 atom stereocenters. The van der Waals surface area contributed by atoms with E-state index in [4.69, 9.17) is 14.6 Å². The Hall–Kier alpha value is -1.05. The van der Waals surface area contributed by atoms with E-state index >= 15 is 0 Å². The lowest BCUT2D eigenvalue weighted by molar-refractivity contribution is -0.147. The highest BCUT2D eigenvalue weighted by Gasteiger charge is 1.98. The molecule has 0 heterocycles. The number of hydrogen-bond donors (Lipinski definition) is 1. The number of ether oxygens (including phenoxy) is 2. The molecule has 0 aromatic heterocycles. The molecule has 0 saturated heterocycles. The van der Waals surface area contributed by atoms with Crippen molar-refractivity contribution in [3.8, 4) is 11.8 Å². The van der Waals surface area contributed by atoms with E-state index in [9.17, 15) is 4.79 Å². The second kappa shape index (κ2) is 14.0. The average Bonchev–Trinajstić information content (AvgIpc) is 2.36. The number of aliphatic hydroxyl groups excluding tert-OH is 1. The lowest BCUT2D eigenvalue weighted by Crippen LogP contribution is -2.12. The molecule has 0 bridgehead atoms. The van der Waals surface area contributed by atoms with E-state index in [2.05, 4.69) is 11.8 Å². The number of hydrogen-bond acceptors (Lipinski definition) is 4. The molecule has 0 fully saturated rings. The molecule has 0 saturated carbocycles. The number of carbonyl (C=O) groups is 1. The van der Waals surface area contributed by atoms with Crippen LogP contribution in [-0.4, -0.2) is 37.5 Å². The van der Waals surface area contributed by atoms with Crippen LogP contribution in [0, 0.1) is 11.8 Å². The fraction of sp³-hybridized carbons (Fsp3) is 0.786. The first-order chi connectivity index (χ1) is 8.81. The van der Waals surface area contributed by atoms with Gasteiger partial charge in [-0.25, -0.2) is 4.79 Å². The normalized spacial score (nSPS) is 9.67. The van der Waals surface area contributed by atoms with Crippen LogP contribution in [0.4, 0.5) is 0 Å². The molecule has 0 aromatic carbocycles. The number of esters is 1. The zero-order valence-electron chi connectivity index (χ0n) is 11.2. The van der Waals surface area contributed by atoms with E-state index < -0.39 is 0 Å². The van der Waals surface area contributed by atoms with Crippen LogP contribution < -0.4 is 0 Å². The van der Waals surface area contributed by atoms with E-state index in [1.807, 2.05) is 0 Å². The Balaban J connectivity index is 3.21. The maximum atomic E-state index is 10.9. The van der Waals surface area contributed by atoms with Gasteiger partial charge in [-0.15, -0.1) is 5.92 Å². The molecule has 0 aliphatic heterocycles. The van der Waals surface area contributed by atoms with Crippen LogP contribution in [0.3, 0.4) is 0 Å². The third-order valence-corrected chi connectivity index (χ3v) is 2.28. The molecule has 0 amide bonds. The summed E-state index contributed by atoms with van der Waals surface area (Å²) in [4.78, 5) is 10.9. The van der Waals surface area contributed by atoms with Gasteiger partial charge in [-0.05, 0) is 19.8 Å². The molecule has 18 heavy (non-hydrogen) atoms. The van der Waals surface area contributed by atoms with E-state index in [0.717, 1.165) is 38.5 Å². The number of aliphatic hydroxyl groups is 1. The van der Waals surface area contributed by atoms with E-state index in [-0.39, 0.29) is 25.8 Å². The molecule has 0 spiro atoms. The molecule has 0 radical (unpaired) electrons. The van der Waals surface area contributed by atoms with Crippen LogP contribution in [0.2, 0.25) is 0 Å². The Bertz CT molecular complexity index is 252. The summed E-state index contributed by atoms with van der Waals surface area (Å²) < 4.78 is 9.74. The summed E-state index contributed by atoms with van der Waals surface area (Å²) in [6, 6.07) is 0. The van der Waals surface area contributed by atoms with Crippen molar-refractivity contribution in [2.45, 2.75) is 45.4 Å². The van der Waals surface area contributed by atoms with Gasteiger partial charge in [0, 0.05) is 13.0 Å². The largest absolute Gasteiger partial charge is 0.464 e. The molecule has 0 unspecified atom stereocenters. The summed E-state index contributed by atoms with van der Waals surface area (Å²) in [6.45, 7) is 2.69. The Kier molecular flexibility index (Phi) is 13.2. The Morgan fingerprint density at radius 3 is 2.56 bits per heavy atom. The minimum atomic E-state index is -0.344. The molecule has 0 aliphatic rings. The molecule has 1 N–H and O–H groups in total. The first kappa shape index (κ1) is 16.9. The Morgan fingerprint density at radius 1 is 1.11 bits per heavy atom. The van der Waals surface area contributed by atoms with Crippen LogP contribution in [0.1, 0.15) is 45.4 Å². The first-order valence-electron chi connectivity index (χ1n) is 6.61.